The number of halogens is 2. The van der Waals surface area contributed by atoms with E-state index in [0.29, 0.717) is 22.1 Å². The van der Waals surface area contributed by atoms with E-state index in [0.717, 1.165) is 23.1 Å². The molecule has 2 aromatic rings. The van der Waals surface area contributed by atoms with Crippen LogP contribution in [-0.4, -0.2) is 21.4 Å². The molecule has 0 amide bonds. The first-order valence-corrected chi connectivity index (χ1v) is 8.44. The zero-order valence-electron chi connectivity index (χ0n) is 11.6. The fourth-order valence-corrected chi connectivity index (χ4v) is 2.99. The molecule has 1 atom stereocenters. The lowest BCUT2D eigenvalue weighted by Crippen LogP contribution is -2.30. The third-order valence-corrected chi connectivity index (χ3v) is 4.63. The summed E-state index contributed by atoms with van der Waals surface area (Å²) in [6, 6.07) is 6.52. The Morgan fingerprint density at radius 2 is 2.14 bits per heavy atom. The van der Waals surface area contributed by atoms with Crippen LogP contribution in [0.15, 0.2) is 18.2 Å². The molecule has 1 aromatic carbocycles. The van der Waals surface area contributed by atoms with Crippen LogP contribution in [0, 0.1) is 0 Å². The van der Waals surface area contributed by atoms with Gasteiger partial charge in [-0.25, -0.2) is 4.98 Å². The summed E-state index contributed by atoms with van der Waals surface area (Å²) in [6.07, 6.45) is 3.42. The zero-order valence-corrected chi connectivity index (χ0v) is 13.9. The van der Waals surface area contributed by atoms with Crippen molar-refractivity contribution in [1.82, 2.24) is 14.7 Å². The second-order valence-corrected chi connectivity index (χ2v) is 6.88. The molecule has 0 saturated heterocycles. The molecular formula is C14H16Cl2N4S. The van der Waals surface area contributed by atoms with E-state index in [9.17, 15) is 0 Å². The summed E-state index contributed by atoms with van der Waals surface area (Å²) in [5.74, 6) is 0.864. The lowest BCUT2D eigenvalue weighted by Gasteiger charge is -2.10. The van der Waals surface area contributed by atoms with E-state index in [1.54, 1.807) is 12.1 Å². The molecule has 7 heteroatoms. The smallest absolute Gasteiger partial charge is 0.207 e. The molecule has 0 bridgehead atoms. The molecule has 112 valence electrons. The molecule has 2 N–H and O–H groups in total. The van der Waals surface area contributed by atoms with E-state index in [4.69, 9.17) is 23.2 Å². The lowest BCUT2D eigenvalue weighted by atomic mass is 10.2. The van der Waals surface area contributed by atoms with Crippen LogP contribution in [0.4, 0.5) is 10.8 Å². The van der Waals surface area contributed by atoms with Gasteiger partial charge in [0.2, 0.25) is 5.13 Å². The summed E-state index contributed by atoms with van der Waals surface area (Å²) in [7, 11) is 0. The topological polar surface area (TPSA) is 49.8 Å². The minimum Gasteiger partial charge on any atom is -0.330 e. The van der Waals surface area contributed by atoms with Gasteiger partial charge in [-0.05, 0) is 38.0 Å². The highest BCUT2D eigenvalue weighted by atomic mass is 35.5. The number of rotatable bonds is 6. The van der Waals surface area contributed by atoms with Crippen LogP contribution in [0.25, 0.3) is 0 Å². The van der Waals surface area contributed by atoms with E-state index < -0.39 is 0 Å². The number of nitrogens with one attached hydrogen (secondary N) is 2. The van der Waals surface area contributed by atoms with E-state index in [-0.39, 0.29) is 0 Å². The SMILES string of the molecule is CC(Cc1nsc(Nc2ccc(Cl)c(Cl)c2)n1)NC1CC1. The Balaban J connectivity index is 1.59. The molecule has 1 aliphatic rings. The fourth-order valence-electron chi connectivity index (χ4n) is 2.07. The van der Waals surface area contributed by atoms with Crippen LogP contribution >= 0.6 is 34.7 Å². The monoisotopic (exact) mass is 342 g/mol. The predicted molar refractivity (Wildman–Crippen MR) is 89.0 cm³/mol. The fraction of sp³-hybridized carbons (Fsp3) is 0.429. The van der Waals surface area contributed by atoms with Gasteiger partial charge in [0, 0.05) is 35.7 Å². The standard InChI is InChI=1S/C14H16Cl2N4S/c1-8(17-9-2-3-9)6-13-19-14(21-20-13)18-10-4-5-11(15)12(16)7-10/h4-5,7-9,17H,2-3,6H2,1H3,(H,18,19,20). The number of benzene rings is 1. The molecule has 1 heterocycles. The number of hydrogen-bond acceptors (Lipinski definition) is 5. The van der Waals surface area contributed by atoms with Crippen LogP contribution in [0.1, 0.15) is 25.6 Å². The maximum atomic E-state index is 6.00. The van der Waals surface area contributed by atoms with Gasteiger partial charge in [-0.2, -0.15) is 4.37 Å². The molecule has 0 spiro atoms. The van der Waals surface area contributed by atoms with Crippen molar-refractivity contribution in [2.75, 3.05) is 5.32 Å². The van der Waals surface area contributed by atoms with Crippen molar-refractivity contribution in [2.24, 2.45) is 0 Å². The molecule has 4 nitrogen and oxygen atoms in total. The molecule has 1 aliphatic carbocycles. The van der Waals surface area contributed by atoms with Crippen molar-refractivity contribution in [3.8, 4) is 0 Å². The van der Waals surface area contributed by atoms with E-state index in [1.807, 2.05) is 6.07 Å². The molecule has 1 saturated carbocycles. The second kappa shape index (κ2) is 6.48. The summed E-state index contributed by atoms with van der Waals surface area (Å²) < 4.78 is 4.39. The maximum absolute atomic E-state index is 6.00. The molecule has 21 heavy (non-hydrogen) atoms. The first kappa shape index (κ1) is 15.0. The number of anilines is 2. The van der Waals surface area contributed by atoms with Gasteiger partial charge in [-0.1, -0.05) is 23.2 Å². The zero-order chi connectivity index (χ0) is 14.8. The van der Waals surface area contributed by atoms with Crippen molar-refractivity contribution in [3.63, 3.8) is 0 Å². The maximum Gasteiger partial charge on any atom is 0.207 e. The van der Waals surface area contributed by atoms with Crippen molar-refractivity contribution >= 4 is 45.6 Å². The predicted octanol–water partition coefficient (Wildman–Crippen LogP) is 4.27. The van der Waals surface area contributed by atoms with Crippen molar-refractivity contribution in [3.05, 3.63) is 34.1 Å². The average molecular weight is 343 g/mol. The third kappa shape index (κ3) is 4.30. The largest absolute Gasteiger partial charge is 0.330 e. The average Bonchev–Trinajstić information content (AvgIpc) is 3.13. The Morgan fingerprint density at radius 1 is 1.33 bits per heavy atom. The molecule has 1 unspecified atom stereocenters. The summed E-state index contributed by atoms with van der Waals surface area (Å²) in [4.78, 5) is 4.51. The van der Waals surface area contributed by atoms with Gasteiger partial charge in [0.15, 0.2) is 0 Å². The van der Waals surface area contributed by atoms with Crippen LogP contribution in [0.5, 0.6) is 0 Å². The minimum absolute atomic E-state index is 0.407. The van der Waals surface area contributed by atoms with Crippen molar-refractivity contribution in [2.45, 2.75) is 38.3 Å². The molecule has 0 aliphatic heterocycles. The molecular weight excluding hydrogens is 327 g/mol. The number of nitrogens with zero attached hydrogens (tertiary/aromatic N) is 2. The Labute approximate surface area is 138 Å². The molecule has 0 radical (unpaired) electrons. The van der Waals surface area contributed by atoms with Crippen molar-refractivity contribution in [1.29, 1.82) is 0 Å². The van der Waals surface area contributed by atoms with Crippen LogP contribution in [0.3, 0.4) is 0 Å². The lowest BCUT2D eigenvalue weighted by molar-refractivity contribution is 0.534. The van der Waals surface area contributed by atoms with Gasteiger partial charge in [-0.15, -0.1) is 0 Å². The van der Waals surface area contributed by atoms with Gasteiger partial charge in [-0.3, -0.25) is 0 Å². The first-order valence-electron chi connectivity index (χ1n) is 6.91. The minimum atomic E-state index is 0.407. The van der Waals surface area contributed by atoms with Gasteiger partial charge in [0.1, 0.15) is 5.82 Å². The van der Waals surface area contributed by atoms with E-state index in [2.05, 4.69) is 26.9 Å². The quantitative estimate of drug-likeness (QED) is 0.822. The van der Waals surface area contributed by atoms with Crippen LogP contribution in [-0.2, 0) is 6.42 Å². The summed E-state index contributed by atoms with van der Waals surface area (Å²) in [5.41, 5.74) is 0.858. The molecule has 1 aromatic heterocycles. The summed E-state index contributed by atoms with van der Waals surface area (Å²) in [6.45, 7) is 2.17. The molecule has 3 rings (SSSR count). The Bertz CT molecular complexity index is 627. The van der Waals surface area contributed by atoms with Gasteiger partial charge in [0.25, 0.3) is 0 Å². The van der Waals surface area contributed by atoms with E-state index >= 15 is 0 Å². The third-order valence-electron chi connectivity index (χ3n) is 3.23. The highest BCUT2D eigenvalue weighted by Crippen LogP contribution is 2.27. The van der Waals surface area contributed by atoms with Crippen LogP contribution < -0.4 is 10.6 Å². The Hall–Kier alpha value is -0.880. The molecule has 1 fully saturated rings. The first-order chi connectivity index (χ1) is 10.1. The Kier molecular flexibility index (Phi) is 4.64. The summed E-state index contributed by atoms with van der Waals surface area (Å²) in [5, 5.41) is 8.58. The van der Waals surface area contributed by atoms with Gasteiger partial charge in [0.05, 0.1) is 10.0 Å². The highest BCUT2D eigenvalue weighted by molar-refractivity contribution is 7.09. The highest BCUT2D eigenvalue weighted by Gasteiger charge is 2.23. The second-order valence-electron chi connectivity index (χ2n) is 5.32. The number of hydrogen-bond donors (Lipinski definition) is 2. The normalized spacial score (nSPS) is 16.0. The van der Waals surface area contributed by atoms with Crippen LogP contribution in [0.2, 0.25) is 10.0 Å². The van der Waals surface area contributed by atoms with Gasteiger partial charge < -0.3 is 10.6 Å². The van der Waals surface area contributed by atoms with E-state index in [1.165, 1.54) is 24.4 Å². The Morgan fingerprint density at radius 3 is 2.86 bits per heavy atom. The summed E-state index contributed by atoms with van der Waals surface area (Å²) >= 11 is 13.2. The van der Waals surface area contributed by atoms with Gasteiger partial charge >= 0.3 is 0 Å². The number of aromatic nitrogens is 2. The van der Waals surface area contributed by atoms with Crippen molar-refractivity contribution < 1.29 is 0 Å².